The minimum absolute atomic E-state index is 0.228. The minimum Gasteiger partial charge on any atom is -0.486 e. The fraction of sp³-hybridized carbons (Fsp3) is 0.231. The maximum atomic E-state index is 12.3. The van der Waals surface area contributed by atoms with Crippen molar-refractivity contribution in [3.63, 3.8) is 0 Å². The second-order valence-corrected chi connectivity index (χ2v) is 10.2. The molecule has 0 radical (unpaired) electrons. The van der Waals surface area contributed by atoms with Gasteiger partial charge in [-0.2, -0.15) is 0 Å². The first kappa shape index (κ1) is 24.8. The lowest BCUT2D eigenvalue weighted by Crippen LogP contribution is -2.46. The Labute approximate surface area is 210 Å². The van der Waals surface area contributed by atoms with Crippen LogP contribution in [-0.4, -0.2) is 32.9 Å². The summed E-state index contributed by atoms with van der Waals surface area (Å²) in [4.78, 5) is 16.8. The van der Waals surface area contributed by atoms with Crippen molar-refractivity contribution in [3.8, 4) is 16.9 Å². The van der Waals surface area contributed by atoms with Crippen LogP contribution >= 0.6 is 11.3 Å². The number of thiazole rings is 1. The van der Waals surface area contributed by atoms with Gasteiger partial charge >= 0.3 is 5.97 Å². The Hall–Kier alpha value is -3.27. The predicted molar refractivity (Wildman–Crippen MR) is 140 cm³/mol. The topological polar surface area (TPSA) is 89.0 Å². The van der Waals surface area contributed by atoms with Gasteiger partial charge in [0.15, 0.2) is 0 Å². The molecule has 4 rings (SSSR count). The molecule has 0 aliphatic carbocycles. The molecule has 4 aromatic rings. The Kier molecular flexibility index (Phi) is 7.80. The van der Waals surface area contributed by atoms with Crippen LogP contribution in [0.4, 0.5) is 5.69 Å². The number of nitrogens with zero attached hydrogens (tertiary/aromatic N) is 2. The number of rotatable bonds is 9. The molecule has 2 unspecified atom stereocenters. The number of para-hydroxylation sites is 1. The highest BCUT2D eigenvalue weighted by molar-refractivity contribution is 7.80. The standard InChI is InChI=1S/C26H26N2O5S2/c1-17(2)25(26(29)32-3)28(35(30)31)20-12-8-18(9-13-20)19-10-14-21(15-11-19)33-16-24-27-22-6-4-5-7-23(22)34-24/h4-15,17,25H,16H2,1-3H3,(H,30,31). The molecule has 1 N–H and O–H groups in total. The van der Waals surface area contributed by atoms with Crippen LogP contribution in [0.3, 0.4) is 0 Å². The SMILES string of the molecule is COC(=O)C(C(C)C)N(c1ccc(-c2ccc(OCc3nc4ccccc4s3)cc2)cc1)S(=O)O. The molecule has 1 heterocycles. The highest BCUT2D eigenvalue weighted by Crippen LogP contribution is 2.29. The van der Waals surface area contributed by atoms with Crippen molar-refractivity contribution in [1.29, 1.82) is 0 Å². The summed E-state index contributed by atoms with van der Waals surface area (Å²) in [5.41, 5.74) is 3.32. The van der Waals surface area contributed by atoms with Gasteiger partial charge in [0, 0.05) is 0 Å². The lowest BCUT2D eigenvalue weighted by molar-refractivity contribution is -0.142. The molecule has 0 bridgehead atoms. The molecule has 0 spiro atoms. The van der Waals surface area contributed by atoms with Gasteiger partial charge in [0.05, 0.1) is 23.0 Å². The summed E-state index contributed by atoms with van der Waals surface area (Å²) < 4.78 is 35.0. The monoisotopic (exact) mass is 510 g/mol. The van der Waals surface area contributed by atoms with E-state index in [0.717, 1.165) is 32.1 Å². The molecule has 3 aromatic carbocycles. The highest BCUT2D eigenvalue weighted by atomic mass is 32.2. The third kappa shape index (κ3) is 5.70. The second-order valence-electron chi connectivity index (χ2n) is 8.20. The van der Waals surface area contributed by atoms with E-state index in [9.17, 15) is 13.6 Å². The van der Waals surface area contributed by atoms with Gasteiger partial charge in [-0.05, 0) is 53.4 Å². The van der Waals surface area contributed by atoms with Gasteiger partial charge in [0.2, 0.25) is 0 Å². The average molecular weight is 511 g/mol. The van der Waals surface area contributed by atoms with Gasteiger partial charge in [-0.1, -0.05) is 50.2 Å². The summed E-state index contributed by atoms with van der Waals surface area (Å²) in [6, 6.07) is 22.0. The van der Waals surface area contributed by atoms with Crippen LogP contribution in [0, 0.1) is 5.92 Å². The van der Waals surface area contributed by atoms with Crippen molar-refractivity contribution in [2.45, 2.75) is 26.5 Å². The summed E-state index contributed by atoms with van der Waals surface area (Å²) in [6.45, 7) is 4.01. The van der Waals surface area contributed by atoms with Crippen molar-refractivity contribution in [3.05, 3.63) is 77.8 Å². The maximum absolute atomic E-state index is 12.3. The highest BCUT2D eigenvalue weighted by Gasteiger charge is 2.33. The number of carbonyl (C=O) groups excluding carboxylic acids is 1. The zero-order valence-electron chi connectivity index (χ0n) is 19.6. The largest absolute Gasteiger partial charge is 0.486 e. The normalized spacial score (nSPS) is 12.9. The molecule has 182 valence electrons. The fourth-order valence-electron chi connectivity index (χ4n) is 3.78. The number of ether oxygens (including phenoxy) is 2. The van der Waals surface area contributed by atoms with Crippen LogP contribution in [0.2, 0.25) is 0 Å². The van der Waals surface area contributed by atoms with Crippen LogP contribution in [-0.2, 0) is 27.4 Å². The Morgan fingerprint density at radius 1 is 1.03 bits per heavy atom. The van der Waals surface area contributed by atoms with E-state index in [4.69, 9.17) is 9.47 Å². The summed E-state index contributed by atoms with van der Waals surface area (Å²) in [6.07, 6.45) is 0. The molecular formula is C26H26N2O5S2. The van der Waals surface area contributed by atoms with Crippen LogP contribution in [0.15, 0.2) is 72.8 Å². The van der Waals surface area contributed by atoms with Gasteiger partial charge in [0.25, 0.3) is 11.3 Å². The van der Waals surface area contributed by atoms with E-state index in [1.54, 1.807) is 37.3 Å². The van der Waals surface area contributed by atoms with Crippen molar-refractivity contribution in [2.24, 2.45) is 5.92 Å². The van der Waals surface area contributed by atoms with Gasteiger partial charge < -0.3 is 9.47 Å². The molecule has 0 saturated carbocycles. The molecule has 0 amide bonds. The van der Waals surface area contributed by atoms with E-state index in [-0.39, 0.29) is 5.92 Å². The zero-order valence-corrected chi connectivity index (χ0v) is 21.2. The zero-order chi connectivity index (χ0) is 24.9. The number of anilines is 1. The first-order valence-electron chi connectivity index (χ1n) is 11.0. The first-order chi connectivity index (χ1) is 16.9. The van der Waals surface area contributed by atoms with E-state index < -0.39 is 23.3 Å². The van der Waals surface area contributed by atoms with E-state index >= 15 is 0 Å². The number of hydrogen-bond acceptors (Lipinski definition) is 6. The van der Waals surface area contributed by atoms with Gasteiger partial charge in [-0.25, -0.2) is 14.0 Å². The van der Waals surface area contributed by atoms with E-state index in [1.807, 2.05) is 60.7 Å². The molecule has 35 heavy (non-hydrogen) atoms. The van der Waals surface area contributed by atoms with Gasteiger partial charge in [-0.3, -0.25) is 8.86 Å². The third-order valence-electron chi connectivity index (χ3n) is 5.50. The van der Waals surface area contributed by atoms with Crippen molar-refractivity contribution in [1.82, 2.24) is 4.98 Å². The lowest BCUT2D eigenvalue weighted by Gasteiger charge is -2.30. The minimum atomic E-state index is -2.39. The van der Waals surface area contributed by atoms with Crippen LogP contribution < -0.4 is 9.04 Å². The molecular weight excluding hydrogens is 484 g/mol. The quantitative estimate of drug-likeness (QED) is 0.230. The van der Waals surface area contributed by atoms with E-state index in [2.05, 4.69) is 4.98 Å². The van der Waals surface area contributed by atoms with Crippen molar-refractivity contribution < 1.29 is 23.0 Å². The van der Waals surface area contributed by atoms with Crippen LogP contribution in [0.1, 0.15) is 18.9 Å². The molecule has 0 saturated heterocycles. The Bertz CT molecular complexity index is 1290. The van der Waals surface area contributed by atoms with Gasteiger partial charge in [-0.15, -0.1) is 11.3 Å². The second kappa shape index (κ2) is 11.0. The molecule has 1 aromatic heterocycles. The van der Waals surface area contributed by atoms with Crippen LogP contribution in [0.25, 0.3) is 21.3 Å². The molecule has 0 fully saturated rings. The van der Waals surface area contributed by atoms with Crippen LogP contribution in [0.5, 0.6) is 5.75 Å². The maximum Gasteiger partial charge on any atom is 0.329 e. The lowest BCUT2D eigenvalue weighted by atomic mass is 10.0. The molecule has 7 nitrogen and oxygen atoms in total. The number of benzene rings is 3. The van der Waals surface area contributed by atoms with Crippen molar-refractivity contribution in [2.75, 3.05) is 11.4 Å². The first-order valence-corrected chi connectivity index (χ1v) is 12.9. The summed E-state index contributed by atoms with van der Waals surface area (Å²) in [7, 11) is 1.27. The number of esters is 1. The number of carbonyl (C=O) groups is 1. The predicted octanol–water partition coefficient (Wildman–Crippen LogP) is 5.68. The Morgan fingerprint density at radius 3 is 2.23 bits per heavy atom. The van der Waals surface area contributed by atoms with Crippen molar-refractivity contribution >= 4 is 44.5 Å². The summed E-state index contributed by atoms with van der Waals surface area (Å²) in [5, 5.41) is 0.920. The van der Waals surface area contributed by atoms with Gasteiger partial charge in [0.1, 0.15) is 23.4 Å². The Morgan fingerprint density at radius 2 is 1.66 bits per heavy atom. The molecule has 2 atom stereocenters. The number of fused-ring (bicyclic) bond motifs is 1. The number of hydrogen-bond donors (Lipinski definition) is 1. The average Bonchev–Trinajstić information content (AvgIpc) is 3.29. The summed E-state index contributed by atoms with van der Waals surface area (Å²) in [5.74, 6) is -0.0502. The number of methoxy groups -OCH3 is 1. The van der Waals surface area contributed by atoms with E-state index in [1.165, 1.54) is 11.4 Å². The molecule has 9 heteroatoms. The summed E-state index contributed by atoms with van der Waals surface area (Å²) >= 11 is -0.773. The smallest absolute Gasteiger partial charge is 0.329 e. The molecule has 0 aliphatic rings. The van der Waals surface area contributed by atoms with E-state index in [0.29, 0.717) is 12.3 Å². The number of aromatic nitrogens is 1. The molecule has 0 aliphatic heterocycles. The third-order valence-corrected chi connectivity index (χ3v) is 7.29. The Balaban J connectivity index is 1.46. The fourth-order valence-corrected chi connectivity index (χ4v) is 5.48.